The van der Waals surface area contributed by atoms with E-state index >= 15 is 0 Å². The molecule has 4 heteroatoms. The lowest BCUT2D eigenvalue weighted by atomic mass is 10.0. The number of nitrogens with two attached hydrogens (primary N) is 1. The van der Waals surface area contributed by atoms with E-state index in [1.54, 1.807) is 11.3 Å². The summed E-state index contributed by atoms with van der Waals surface area (Å²) in [5.74, 6) is 1.26. The van der Waals surface area contributed by atoms with E-state index in [0.29, 0.717) is 13.2 Å². The number of hydrogen-bond donors (Lipinski definition) is 1. The fourth-order valence-corrected chi connectivity index (χ4v) is 2.85. The largest absolute Gasteiger partial charge is 0.492 e. The Bertz CT molecular complexity index is 509. The van der Waals surface area contributed by atoms with E-state index < -0.39 is 0 Å². The maximum atomic E-state index is 5.64. The predicted octanol–water partition coefficient (Wildman–Crippen LogP) is 2.13. The number of nitrogens with zero attached hydrogens (tertiary/aromatic N) is 1. The predicted molar refractivity (Wildman–Crippen MR) is 63.8 cm³/mol. The molecule has 16 heavy (non-hydrogen) atoms. The first-order valence-corrected chi connectivity index (χ1v) is 6.06. The van der Waals surface area contributed by atoms with E-state index in [4.69, 9.17) is 10.5 Å². The summed E-state index contributed by atoms with van der Waals surface area (Å²) in [7, 11) is 0. The second-order valence-corrected chi connectivity index (χ2v) is 4.92. The van der Waals surface area contributed by atoms with Crippen molar-refractivity contribution < 1.29 is 4.74 Å². The number of fused-ring (bicyclic) bond motifs is 1. The van der Waals surface area contributed by atoms with Crippen LogP contribution in [-0.2, 0) is 6.54 Å². The fraction of sp³-hybridized carbons (Fsp3) is 0.250. The second-order valence-electron chi connectivity index (χ2n) is 3.77. The molecule has 82 valence electrons. The number of hydrogen-bond acceptors (Lipinski definition) is 4. The average Bonchev–Trinajstić information content (AvgIpc) is 2.94. The van der Waals surface area contributed by atoms with Gasteiger partial charge in [-0.2, -0.15) is 0 Å². The molecule has 0 bridgehead atoms. The number of para-hydroxylation sites is 1. The van der Waals surface area contributed by atoms with E-state index in [1.165, 1.54) is 5.56 Å². The molecule has 1 aliphatic heterocycles. The van der Waals surface area contributed by atoms with E-state index in [1.807, 2.05) is 24.4 Å². The summed E-state index contributed by atoms with van der Waals surface area (Å²) in [5.41, 5.74) is 6.83. The Kier molecular flexibility index (Phi) is 2.38. The van der Waals surface area contributed by atoms with E-state index in [2.05, 4.69) is 11.1 Å². The van der Waals surface area contributed by atoms with Crippen LogP contribution >= 0.6 is 11.3 Å². The molecule has 1 aromatic heterocycles. The molecule has 1 aromatic carbocycles. The molecule has 0 aliphatic carbocycles. The average molecular weight is 232 g/mol. The van der Waals surface area contributed by atoms with Crippen molar-refractivity contribution in [2.75, 3.05) is 6.61 Å². The van der Waals surface area contributed by atoms with Gasteiger partial charge in [-0.05, 0) is 6.07 Å². The first-order chi connectivity index (χ1) is 7.88. The third-order valence-corrected chi connectivity index (χ3v) is 3.90. The lowest BCUT2D eigenvalue weighted by Gasteiger charge is -2.03. The maximum Gasteiger partial charge on any atom is 0.123 e. The Hall–Kier alpha value is -1.39. The van der Waals surface area contributed by atoms with Crippen molar-refractivity contribution >= 4 is 11.3 Å². The van der Waals surface area contributed by atoms with Gasteiger partial charge in [0.2, 0.25) is 0 Å². The molecule has 1 aliphatic rings. The van der Waals surface area contributed by atoms with Crippen molar-refractivity contribution in [3.8, 4) is 5.75 Å². The standard InChI is InChI=1S/C12H12N2OS/c13-5-8-6-14-12(16-8)10-7-15-11-4-2-1-3-9(10)11/h1-4,6,10H,5,7,13H2. The second kappa shape index (κ2) is 3.88. The van der Waals surface area contributed by atoms with E-state index in [-0.39, 0.29) is 5.92 Å². The van der Waals surface area contributed by atoms with Crippen molar-refractivity contribution in [1.29, 1.82) is 0 Å². The summed E-state index contributed by atoms with van der Waals surface area (Å²) >= 11 is 1.68. The van der Waals surface area contributed by atoms with Crippen LogP contribution in [0.5, 0.6) is 5.75 Å². The van der Waals surface area contributed by atoms with Gasteiger partial charge in [0.25, 0.3) is 0 Å². The third-order valence-electron chi connectivity index (χ3n) is 2.77. The minimum atomic E-state index is 0.279. The number of aromatic nitrogens is 1. The Morgan fingerprint density at radius 1 is 1.44 bits per heavy atom. The lowest BCUT2D eigenvalue weighted by molar-refractivity contribution is 0.343. The molecule has 2 aromatic rings. The number of thiazole rings is 1. The van der Waals surface area contributed by atoms with Gasteiger partial charge in [0.1, 0.15) is 17.4 Å². The molecule has 3 nitrogen and oxygen atoms in total. The van der Waals surface area contributed by atoms with Crippen LogP contribution in [0.3, 0.4) is 0 Å². The maximum absolute atomic E-state index is 5.64. The monoisotopic (exact) mass is 232 g/mol. The minimum absolute atomic E-state index is 0.279. The molecular formula is C12H12N2OS. The molecule has 0 spiro atoms. The SMILES string of the molecule is NCc1cnc(C2COc3ccccc32)s1. The quantitative estimate of drug-likeness (QED) is 0.862. The summed E-state index contributed by atoms with van der Waals surface area (Å²) in [6.07, 6.45) is 1.86. The van der Waals surface area contributed by atoms with Crippen molar-refractivity contribution in [3.05, 3.63) is 45.9 Å². The van der Waals surface area contributed by atoms with Gasteiger partial charge in [0.15, 0.2) is 0 Å². The topological polar surface area (TPSA) is 48.1 Å². The van der Waals surface area contributed by atoms with Gasteiger partial charge in [-0.25, -0.2) is 4.98 Å². The molecule has 0 saturated carbocycles. The highest BCUT2D eigenvalue weighted by Gasteiger charge is 2.27. The molecule has 1 atom stereocenters. The highest BCUT2D eigenvalue weighted by atomic mass is 32.1. The smallest absolute Gasteiger partial charge is 0.123 e. The molecule has 2 heterocycles. The summed E-state index contributed by atoms with van der Waals surface area (Å²) < 4.78 is 5.64. The third kappa shape index (κ3) is 1.50. The van der Waals surface area contributed by atoms with Gasteiger partial charge in [0.05, 0.1) is 5.92 Å². The molecule has 3 rings (SSSR count). The minimum Gasteiger partial charge on any atom is -0.492 e. The van der Waals surface area contributed by atoms with E-state index in [9.17, 15) is 0 Å². The van der Waals surface area contributed by atoms with Crippen LogP contribution in [0.4, 0.5) is 0 Å². The lowest BCUT2D eigenvalue weighted by Crippen LogP contribution is -2.01. The van der Waals surface area contributed by atoms with E-state index in [0.717, 1.165) is 15.6 Å². The van der Waals surface area contributed by atoms with Gasteiger partial charge in [-0.15, -0.1) is 11.3 Å². The molecule has 0 radical (unpaired) electrons. The van der Waals surface area contributed by atoms with Crippen LogP contribution in [0.1, 0.15) is 21.4 Å². The molecular weight excluding hydrogens is 220 g/mol. The van der Waals surface area contributed by atoms with Crippen LogP contribution in [0.15, 0.2) is 30.5 Å². The first-order valence-electron chi connectivity index (χ1n) is 5.25. The number of ether oxygens (including phenoxy) is 1. The highest BCUT2D eigenvalue weighted by Crippen LogP contribution is 2.38. The van der Waals surface area contributed by atoms with Gasteiger partial charge in [-0.1, -0.05) is 18.2 Å². The van der Waals surface area contributed by atoms with Gasteiger partial charge >= 0.3 is 0 Å². The summed E-state index contributed by atoms with van der Waals surface area (Å²) in [5, 5.41) is 1.10. The zero-order valence-electron chi connectivity index (χ0n) is 8.72. The molecule has 1 unspecified atom stereocenters. The molecule has 0 amide bonds. The van der Waals surface area contributed by atoms with Crippen LogP contribution in [0.25, 0.3) is 0 Å². The number of benzene rings is 1. The van der Waals surface area contributed by atoms with Crippen LogP contribution in [0, 0.1) is 0 Å². The van der Waals surface area contributed by atoms with Crippen molar-refractivity contribution in [1.82, 2.24) is 4.98 Å². The zero-order valence-corrected chi connectivity index (χ0v) is 9.54. The van der Waals surface area contributed by atoms with Crippen LogP contribution < -0.4 is 10.5 Å². The van der Waals surface area contributed by atoms with Gasteiger partial charge in [0, 0.05) is 23.2 Å². The number of rotatable bonds is 2. The van der Waals surface area contributed by atoms with Gasteiger partial charge in [-0.3, -0.25) is 0 Å². The zero-order chi connectivity index (χ0) is 11.0. The summed E-state index contributed by atoms with van der Waals surface area (Å²) in [4.78, 5) is 5.55. The Balaban J connectivity index is 1.98. The Morgan fingerprint density at radius 3 is 3.12 bits per heavy atom. The summed E-state index contributed by atoms with van der Waals surface area (Å²) in [6.45, 7) is 1.25. The van der Waals surface area contributed by atoms with Crippen LogP contribution in [-0.4, -0.2) is 11.6 Å². The fourth-order valence-electron chi connectivity index (χ4n) is 1.95. The van der Waals surface area contributed by atoms with Crippen molar-refractivity contribution in [2.45, 2.75) is 12.5 Å². The normalized spacial score (nSPS) is 18.2. The molecule has 2 N–H and O–H groups in total. The summed E-state index contributed by atoms with van der Waals surface area (Å²) in [6, 6.07) is 8.15. The first kappa shape index (κ1) is 9.81. The highest BCUT2D eigenvalue weighted by molar-refractivity contribution is 7.11. The van der Waals surface area contributed by atoms with Gasteiger partial charge < -0.3 is 10.5 Å². The Morgan fingerprint density at radius 2 is 2.31 bits per heavy atom. The van der Waals surface area contributed by atoms with Crippen LogP contribution in [0.2, 0.25) is 0 Å². The Labute approximate surface area is 97.9 Å². The molecule has 0 fully saturated rings. The van der Waals surface area contributed by atoms with Crippen molar-refractivity contribution in [2.24, 2.45) is 5.73 Å². The van der Waals surface area contributed by atoms with Crippen molar-refractivity contribution in [3.63, 3.8) is 0 Å². The molecule has 0 saturated heterocycles.